The third-order valence-electron chi connectivity index (χ3n) is 5.73. The summed E-state index contributed by atoms with van der Waals surface area (Å²) in [6, 6.07) is 11.5. The van der Waals surface area contributed by atoms with Gasteiger partial charge in [0.2, 0.25) is 5.91 Å². The number of nitrogens with one attached hydrogen (secondary N) is 1. The molecule has 0 spiro atoms. The minimum Gasteiger partial charge on any atom is -0.488 e. The molecule has 1 saturated heterocycles. The minimum absolute atomic E-state index is 0.0891. The highest BCUT2D eigenvalue weighted by Crippen LogP contribution is 2.28. The van der Waals surface area contributed by atoms with Crippen molar-refractivity contribution in [3.05, 3.63) is 59.0 Å². The largest absolute Gasteiger partial charge is 0.488 e. The second kappa shape index (κ2) is 9.20. The van der Waals surface area contributed by atoms with E-state index in [0.29, 0.717) is 30.0 Å². The van der Waals surface area contributed by atoms with Crippen LogP contribution in [0.3, 0.4) is 0 Å². The molecular weight excluding hydrogens is 394 g/mol. The number of hydrogen-bond acceptors (Lipinski definition) is 5. The van der Waals surface area contributed by atoms with Crippen molar-refractivity contribution >= 4 is 22.6 Å². The lowest BCUT2D eigenvalue weighted by molar-refractivity contribution is -0.129. The molecule has 1 aromatic heterocycles. The van der Waals surface area contributed by atoms with Crippen molar-refractivity contribution in [2.75, 3.05) is 19.6 Å². The van der Waals surface area contributed by atoms with Crippen molar-refractivity contribution in [2.45, 2.75) is 39.7 Å². The van der Waals surface area contributed by atoms with Crippen molar-refractivity contribution in [1.82, 2.24) is 15.4 Å². The molecule has 4 rings (SSSR count). The Morgan fingerprint density at radius 3 is 2.52 bits per heavy atom. The summed E-state index contributed by atoms with van der Waals surface area (Å²) in [4.78, 5) is 27.1. The van der Waals surface area contributed by atoms with Gasteiger partial charge in [-0.3, -0.25) is 9.59 Å². The van der Waals surface area contributed by atoms with E-state index in [1.807, 2.05) is 55.1 Å². The number of fused-ring (bicyclic) bond motifs is 1. The fourth-order valence-electron chi connectivity index (χ4n) is 3.88. The number of ether oxygens (including phenoxy) is 1. The average Bonchev–Trinajstić information content (AvgIpc) is 3.42. The van der Waals surface area contributed by atoms with Gasteiger partial charge in [0.25, 0.3) is 5.91 Å². The Labute approximate surface area is 181 Å². The Hall–Kier alpha value is -3.35. The molecule has 1 aliphatic rings. The summed E-state index contributed by atoms with van der Waals surface area (Å²) in [6.45, 7) is 5.89. The lowest BCUT2D eigenvalue weighted by atomic mass is 10.1. The fourth-order valence-corrected chi connectivity index (χ4v) is 3.88. The van der Waals surface area contributed by atoms with Crippen LogP contribution in [-0.4, -0.2) is 41.5 Å². The van der Waals surface area contributed by atoms with Gasteiger partial charge in [-0.05, 0) is 49.6 Å². The fraction of sp³-hybridized carbons (Fsp3) is 0.375. The highest BCUT2D eigenvalue weighted by Gasteiger charge is 2.19. The zero-order valence-corrected chi connectivity index (χ0v) is 17.9. The number of amides is 2. The standard InChI is InChI=1S/C24H27N3O4/c1-16-21(17(2)31-26-16)15-30-22-14-19-8-4-3-7-18(19)13-20(22)24(29)25-10-9-23(28)27-11-5-6-12-27/h3-4,7-8,13-14H,5-6,9-12,15H2,1-2H3,(H,25,29). The van der Waals surface area contributed by atoms with Crippen LogP contribution in [0.15, 0.2) is 40.9 Å². The molecule has 0 atom stereocenters. The normalized spacial score (nSPS) is 13.5. The van der Waals surface area contributed by atoms with Crippen LogP contribution in [0.1, 0.15) is 46.6 Å². The quantitative estimate of drug-likeness (QED) is 0.628. The molecule has 1 N–H and O–H groups in total. The summed E-state index contributed by atoms with van der Waals surface area (Å²) in [6.07, 6.45) is 2.41. The molecule has 2 aromatic carbocycles. The van der Waals surface area contributed by atoms with E-state index in [1.54, 1.807) is 0 Å². The third kappa shape index (κ3) is 4.71. The van der Waals surface area contributed by atoms with Crippen LogP contribution in [-0.2, 0) is 11.4 Å². The number of carbonyl (C=O) groups is 2. The van der Waals surface area contributed by atoms with Gasteiger partial charge in [-0.15, -0.1) is 0 Å². The first-order valence-electron chi connectivity index (χ1n) is 10.7. The van der Waals surface area contributed by atoms with Gasteiger partial charge >= 0.3 is 0 Å². The Kier molecular flexibility index (Phi) is 6.21. The Morgan fingerprint density at radius 1 is 1.13 bits per heavy atom. The zero-order valence-electron chi connectivity index (χ0n) is 17.9. The highest BCUT2D eigenvalue weighted by molar-refractivity contribution is 6.01. The number of aryl methyl sites for hydroxylation is 2. The van der Waals surface area contributed by atoms with E-state index in [0.717, 1.165) is 48.0 Å². The Morgan fingerprint density at radius 2 is 1.84 bits per heavy atom. The van der Waals surface area contributed by atoms with Crippen LogP contribution in [0.2, 0.25) is 0 Å². The number of rotatable bonds is 7. The summed E-state index contributed by atoms with van der Waals surface area (Å²) in [5.74, 6) is 1.02. The number of benzene rings is 2. The van der Waals surface area contributed by atoms with Gasteiger partial charge in [-0.25, -0.2) is 0 Å². The lowest BCUT2D eigenvalue weighted by Gasteiger charge is -2.16. The number of likely N-dealkylation sites (tertiary alicyclic amines) is 1. The summed E-state index contributed by atoms with van der Waals surface area (Å²) in [7, 11) is 0. The predicted molar refractivity (Wildman–Crippen MR) is 117 cm³/mol. The molecule has 2 heterocycles. The molecule has 31 heavy (non-hydrogen) atoms. The van der Waals surface area contributed by atoms with Crippen LogP contribution < -0.4 is 10.1 Å². The summed E-state index contributed by atoms with van der Waals surface area (Å²) >= 11 is 0. The van der Waals surface area contributed by atoms with E-state index >= 15 is 0 Å². The van der Waals surface area contributed by atoms with Crippen LogP contribution in [0.5, 0.6) is 5.75 Å². The first-order chi connectivity index (χ1) is 15.0. The molecule has 3 aromatic rings. The Bertz CT molecular complexity index is 1080. The average molecular weight is 421 g/mol. The molecule has 7 nitrogen and oxygen atoms in total. The van der Waals surface area contributed by atoms with Crippen molar-refractivity contribution in [1.29, 1.82) is 0 Å². The molecule has 0 aliphatic carbocycles. The van der Waals surface area contributed by atoms with Gasteiger partial charge in [0.1, 0.15) is 18.1 Å². The molecule has 7 heteroatoms. The molecule has 0 saturated carbocycles. The van der Waals surface area contributed by atoms with Crippen LogP contribution in [0.25, 0.3) is 10.8 Å². The van der Waals surface area contributed by atoms with Crippen molar-refractivity contribution in [3.8, 4) is 5.75 Å². The van der Waals surface area contributed by atoms with Gasteiger partial charge in [-0.2, -0.15) is 0 Å². The molecular formula is C24H27N3O4. The van der Waals surface area contributed by atoms with Gasteiger partial charge < -0.3 is 19.5 Å². The molecule has 162 valence electrons. The van der Waals surface area contributed by atoms with E-state index in [2.05, 4.69) is 10.5 Å². The van der Waals surface area contributed by atoms with E-state index < -0.39 is 0 Å². The summed E-state index contributed by atoms with van der Waals surface area (Å²) < 4.78 is 11.2. The smallest absolute Gasteiger partial charge is 0.255 e. The van der Waals surface area contributed by atoms with E-state index in [4.69, 9.17) is 9.26 Å². The van der Waals surface area contributed by atoms with E-state index in [9.17, 15) is 9.59 Å². The maximum atomic E-state index is 13.0. The SMILES string of the molecule is Cc1noc(C)c1COc1cc2ccccc2cc1C(=O)NCCC(=O)N1CCCC1. The molecule has 0 bridgehead atoms. The molecule has 0 radical (unpaired) electrons. The van der Waals surface area contributed by atoms with E-state index in [-0.39, 0.29) is 18.4 Å². The zero-order chi connectivity index (χ0) is 21.8. The van der Waals surface area contributed by atoms with Crippen molar-refractivity contribution < 1.29 is 18.8 Å². The van der Waals surface area contributed by atoms with Crippen LogP contribution in [0.4, 0.5) is 0 Å². The molecule has 1 aliphatic heterocycles. The molecule has 0 unspecified atom stereocenters. The summed E-state index contributed by atoms with van der Waals surface area (Å²) in [5.41, 5.74) is 2.08. The Balaban J connectivity index is 1.49. The first-order valence-corrected chi connectivity index (χ1v) is 10.7. The maximum absolute atomic E-state index is 13.0. The molecule has 1 fully saturated rings. The number of carbonyl (C=O) groups excluding carboxylic acids is 2. The first kappa shape index (κ1) is 20.9. The molecule has 2 amide bonds. The monoisotopic (exact) mass is 421 g/mol. The van der Waals surface area contributed by atoms with E-state index in [1.165, 1.54) is 0 Å². The second-order valence-corrected chi connectivity index (χ2v) is 7.88. The van der Waals surface area contributed by atoms with Gasteiger partial charge in [0, 0.05) is 26.1 Å². The number of aromatic nitrogens is 1. The minimum atomic E-state index is -0.256. The predicted octanol–water partition coefficient (Wildman–Crippen LogP) is 3.77. The van der Waals surface area contributed by atoms with Crippen molar-refractivity contribution in [2.24, 2.45) is 0 Å². The maximum Gasteiger partial charge on any atom is 0.255 e. The number of nitrogens with zero attached hydrogens (tertiary/aromatic N) is 2. The third-order valence-corrected chi connectivity index (χ3v) is 5.73. The second-order valence-electron chi connectivity index (χ2n) is 7.88. The van der Waals surface area contributed by atoms with Crippen LogP contribution >= 0.6 is 0 Å². The topological polar surface area (TPSA) is 84.7 Å². The van der Waals surface area contributed by atoms with Crippen LogP contribution in [0, 0.1) is 13.8 Å². The van der Waals surface area contributed by atoms with Crippen molar-refractivity contribution in [3.63, 3.8) is 0 Å². The van der Waals surface area contributed by atoms with Gasteiger partial charge in [-0.1, -0.05) is 29.4 Å². The lowest BCUT2D eigenvalue weighted by Crippen LogP contribution is -2.32. The van der Waals surface area contributed by atoms with Gasteiger partial charge in [0.05, 0.1) is 16.8 Å². The summed E-state index contributed by atoms with van der Waals surface area (Å²) in [5, 5.41) is 8.77. The van der Waals surface area contributed by atoms with Gasteiger partial charge in [0.15, 0.2) is 0 Å². The highest BCUT2D eigenvalue weighted by atomic mass is 16.5. The number of hydrogen-bond donors (Lipinski definition) is 1.